The summed E-state index contributed by atoms with van der Waals surface area (Å²) in [6.07, 6.45) is 2.86. The van der Waals surface area contributed by atoms with Crippen molar-refractivity contribution in [3.8, 4) is 0 Å². The maximum absolute atomic E-state index is 12.2. The van der Waals surface area contributed by atoms with Crippen molar-refractivity contribution in [1.82, 2.24) is 9.88 Å². The average molecular weight is 322 g/mol. The van der Waals surface area contributed by atoms with Gasteiger partial charge in [-0.15, -0.1) is 0 Å². The summed E-state index contributed by atoms with van der Waals surface area (Å²) in [6, 6.07) is 2.85. The molecule has 1 aromatic heterocycles. The Balaban J connectivity index is 2.00. The topological polar surface area (TPSA) is 97.6 Å². The van der Waals surface area contributed by atoms with Crippen LogP contribution in [0.25, 0.3) is 0 Å². The second-order valence-corrected chi connectivity index (χ2v) is 6.48. The molecule has 1 aliphatic heterocycles. The highest BCUT2D eigenvalue weighted by Gasteiger charge is 2.32. The Morgan fingerprint density at radius 2 is 2.30 bits per heavy atom. The molecule has 0 aliphatic carbocycles. The lowest BCUT2D eigenvalue weighted by molar-refractivity contribution is -0.384. The summed E-state index contributed by atoms with van der Waals surface area (Å²) in [5.41, 5.74) is -0.619. The van der Waals surface area contributed by atoms with Gasteiger partial charge in [0.2, 0.25) is 5.82 Å². The van der Waals surface area contributed by atoms with Crippen LogP contribution in [0, 0.1) is 10.1 Å². The lowest BCUT2D eigenvalue weighted by Crippen LogP contribution is -2.42. The molecule has 1 aliphatic rings. The van der Waals surface area contributed by atoms with Gasteiger partial charge in [0.05, 0.1) is 11.0 Å². The van der Waals surface area contributed by atoms with E-state index in [0.29, 0.717) is 13.1 Å². The molecule has 1 fully saturated rings. The van der Waals surface area contributed by atoms with Crippen LogP contribution in [-0.2, 0) is 4.74 Å². The molecule has 0 aromatic carbocycles. The molecule has 8 heteroatoms. The highest BCUT2D eigenvalue weighted by molar-refractivity contribution is 5.69. The number of nitro groups is 1. The molecule has 1 aromatic rings. The number of nitrogens with one attached hydrogen (secondary N) is 1. The molecule has 1 amide bonds. The third-order valence-corrected chi connectivity index (χ3v) is 3.49. The van der Waals surface area contributed by atoms with Gasteiger partial charge in [0.15, 0.2) is 0 Å². The number of ether oxygens (including phenoxy) is 1. The Kier molecular flexibility index (Phi) is 5.02. The molecule has 0 spiro atoms. The zero-order valence-electron chi connectivity index (χ0n) is 13.6. The summed E-state index contributed by atoms with van der Waals surface area (Å²) in [7, 11) is 0. The van der Waals surface area contributed by atoms with Crippen molar-refractivity contribution in [3.63, 3.8) is 0 Å². The Labute approximate surface area is 135 Å². The van der Waals surface area contributed by atoms with E-state index in [1.807, 2.05) is 20.8 Å². The van der Waals surface area contributed by atoms with Gasteiger partial charge in [-0.05, 0) is 39.7 Å². The van der Waals surface area contributed by atoms with E-state index in [4.69, 9.17) is 4.74 Å². The number of carbonyl (C=O) groups is 1. The Bertz CT molecular complexity index is 585. The van der Waals surface area contributed by atoms with Crippen LogP contribution in [0.2, 0.25) is 0 Å². The summed E-state index contributed by atoms with van der Waals surface area (Å²) in [4.78, 5) is 28.4. The molecule has 1 saturated heterocycles. The third-order valence-electron chi connectivity index (χ3n) is 3.49. The largest absolute Gasteiger partial charge is 0.444 e. The van der Waals surface area contributed by atoms with Gasteiger partial charge in [-0.2, -0.15) is 0 Å². The molecular weight excluding hydrogens is 300 g/mol. The van der Waals surface area contributed by atoms with E-state index in [-0.39, 0.29) is 23.6 Å². The van der Waals surface area contributed by atoms with E-state index in [1.165, 1.54) is 18.3 Å². The summed E-state index contributed by atoms with van der Waals surface area (Å²) in [6.45, 7) is 6.51. The zero-order valence-corrected chi connectivity index (χ0v) is 13.6. The molecule has 1 atom stereocenters. The smallest absolute Gasteiger partial charge is 0.410 e. The van der Waals surface area contributed by atoms with Crippen molar-refractivity contribution in [1.29, 1.82) is 0 Å². The molecule has 2 heterocycles. The van der Waals surface area contributed by atoms with Crippen LogP contribution in [0.15, 0.2) is 18.3 Å². The van der Waals surface area contributed by atoms with E-state index in [9.17, 15) is 14.9 Å². The van der Waals surface area contributed by atoms with Crippen LogP contribution in [0.5, 0.6) is 0 Å². The quantitative estimate of drug-likeness (QED) is 0.676. The number of nitrogens with zero attached hydrogens (tertiary/aromatic N) is 3. The Morgan fingerprint density at radius 1 is 1.57 bits per heavy atom. The van der Waals surface area contributed by atoms with Crippen LogP contribution >= 0.6 is 0 Å². The molecule has 0 saturated carbocycles. The van der Waals surface area contributed by atoms with Crippen molar-refractivity contribution in [2.45, 2.75) is 45.3 Å². The fraction of sp³-hybridized carbons (Fsp3) is 0.600. The highest BCUT2D eigenvalue weighted by atomic mass is 16.6. The van der Waals surface area contributed by atoms with Crippen molar-refractivity contribution >= 4 is 17.6 Å². The number of anilines is 1. The Morgan fingerprint density at radius 3 is 2.96 bits per heavy atom. The number of hydrogen-bond donors (Lipinski definition) is 1. The molecule has 126 valence electrons. The van der Waals surface area contributed by atoms with E-state index < -0.39 is 10.5 Å². The molecule has 23 heavy (non-hydrogen) atoms. The maximum atomic E-state index is 12.2. The first-order valence-corrected chi connectivity index (χ1v) is 7.61. The predicted octanol–water partition coefficient (Wildman–Crippen LogP) is 2.80. The summed E-state index contributed by atoms with van der Waals surface area (Å²) in [5.74, 6) is 0.216. The van der Waals surface area contributed by atoms with Gasteiger partial charge in [-0.25, -0.2) is 9.78 Å². The normalized spacial score (nSPS) is 17.9. The maximum Gasteiger partial charge on any atom is 0.410 e. The van der Waals surface area contributed by atoms with Crippen LogP contribution < -0.4 is 5.32 Å². The zero-order chi connectivity index (χ0) is 17.0. The van der Waals surface area contributed by atoms with Gasteiger partial charge < -0.3 is 15.0 Å². The number of amides is 1. The van der Waals surface area contributed by atoms with Gasteiger partial charge >= 0.3 is 11.8 Å². The molecule has 8 nitrogen and oxygen atoms in total. The first-order chi connectivity index (χ1) is 10.8. The number of aromatic nitrogens is 1. The molecule has 1 unspecified atom stereocenters. The minimum atomic E-state index is -0.544. The lowest BCUT2D eigenvalue weighted by atomic mass is 10.2. The molecule has 1 N–H and O–H groups in total. The molecular formula is C15H22N4O4. The average Bonchev–Trinajstić information content (AvgIpc) is 2.92. The van der Waals surface area contributed by atoms with Crippen LogP contribution in [0.4, 0.5) is 16.3 Å². The number of carbonyl (C=O) groups excluding carboxylic acids is 1. The van der Waals surface area contributed by atoms with Gasteiger partial charge in [0.25, 0.3) is 0 Å². The van der Waals surface area contributed by atoms with E-state index in [0.717, 1.165) is 12.8 Å². The van der Waals surface area contributed by atoms with Crippen molar-refractivity contribution < 1.29 is 14.5 Å². The minimum Gasteiger partial charge on any atom is -0.444 e. The van der Waals surface area contributed by atoms with Crippen molar-refractivity contribution in [2.75, 3.05) is 18.4 Å². The number of pyridine rings is 1. The van der Waals surface area contributed by atoms with Crippen molar-refractivity contribution in [2.24, 2.45) is 0 Å². The van der Waals surface area contributed by atoms with Crippen molar-refractivity contribution in [3.05, 3.63) is 28.4 Å². The second-order valence-electron chi connectivity index (χ2n) is 6.48. The van der Waals surface area contributed by atoms with Gasteiger partial charge in [0.1, 0.15) is 5.60 Å². The summed E-state index contributed by atoms with van der Waals surface area (Å²) in [5, 5.41) is 14.0. The van der Waals surface area contributed by atoms with Gasteiger partial charge in [-0.3, -0.25) is 10.1 Å². The summed E-state index contributed by atoms with van der Waals surface area (Å²) >= 11 is 0. The summed E-state index contributed by atoms with van der Waals surface area (Å²) < 4.78 is 5.40. The lowest BCUT2D eigenvalue weighted by Gasteiger charge is -2.28. The molecule has 0 radical (unpaired) electrons. The minimum absolute atomic E-state index is 0.0635. The molecule has 0 bridgehead atoms. The fourth-order valence-corrected chi connectivity index (χ4v) is 2.50. The highest BCUT2D eigenvalue weighted by Crippen LogP contribution is 2.24. The van der Waals surface area contributed by atoms with Crippen LogP contribution in [-0.4, -0.2) is 45.6 Å². The number of likely N-dealkylation sites (tertiary alicyclic amines) is 1. The monoisotopic (exact) mass is 322 g/mol. The standard InChI is InChI=1S/C15H22N4O4/c1-15(2,3)23-14(20)18-9-5-6-11(18)10-17-13-12(19(21)22)7-4-8-16-13/h4,7-8,11H,5-6,9-10H2,1-3H3,(H,16,17). The predicted molar refractivity (Wildman–Crippen MR) is 85.3 cm³/mol. The van der Waals surface area contributed by atoms with Crippen LogP contribution in [0.3, 0.4) is 0 Å². The fourth-order valence-electron chi connectivity index (χ4n) is 2.50. The van der Waals surface area contributed by atoms with Gasteiger partial charge in [0, 0.05) is 25.4 Å². The first-order valence-electron chi connectivity index (χ1n) is 7.61. The molecule has 2 rings (SSSR count). The van der Waals surface area contributed by atoms with Crippen LogP contribution in [0.1, 0.15) is 33.6 Å². The number of hydrogen-bond acceptors (Lipinski definition) is 6. The van der Waals surface area contributed by atoms with E-state index in [2.05, 4.69) is 10.3 Å². The second kappa shape index (κ2) is 6.80. The van der Waals surface area contributed by atoms with Gasteiger partial charge in [-0.1, -0.05) is 0 Å². The number of rotatable bonds is 4. The SMILES string of the molecule is CC(C)(C)OC(=O)N1CCCC1CNc1ncccc1[N+](=O)[O-]. The third kappa shape index (κ3) is 4.54. The Hall–Kier alpha value is -2.38. The first kappa shape index (κ1) is 17.0. The van der Waals surface area contributed by atoms with E-state index in [1.54, 1.807) is 4.90 Å². The van der Waals surface area contributed by atoms with E-state index >= 15 is 0 Å².